The molecular weight excluding hydrogens is 292 g/mol. The highest BCUT2D eigenvalue weighted by atomic mass is 16.5. The summed E-state index contributed by atoms with van der Waals surface area (Å²) in [5, 5.41) is 5.31. The Bertz CT molecular complexity index is 771. The Morgan fingerprint density at radius 3 is 2.57 bits per heavy atom. The van der Waals surface area contributed by atoms with E-state index in [0.29, 0.717) is 12.3 Å². The topological polar surface area (TPSA) is 67.4 Å². The Kier molecular flexibility index (Phi) is 4.02. The van der Waals surface area contributed by atoms with Crippen LogP contribution in [0.25, 0.3) is 11.1 Å². The number of ether oxygens (including phenoxy) is 1. The van der Waals surface area contributed by atoms with Crippen LogP contribution in [0.2, 0.25) is 0 Å². The fourth-order valence-electron chi connectivity index (χ4n) is 2.96. The molecule has 1 aliphatic rings. The van der Waals surface area contributed by atoms with Crippen molar-refractivity contribution in [1.82, 2.24) is 5.32 Å². The zero-order chi connectivity index (χ0) is 16.4. The average Bonchev–Trinajstić information content (AvgIpc) is 2.86. The SMILES string of the molecule is CNC(=O)Nc1ccc2c(c1)C(COC(C)=O)c1ccccc1-2. The van der Waals surface area contributed by atoms with Gasteiger partial charge in [0.05, 0.1) is 0 Å². The lowest BCUT2D eigenvalue weighted by Gasteiger charge is -2.14. The number of anilines is 1. The fraction of sp³-hybridized carbons (Fsp3) is 0.222. The van der Waals surface area contributed by atoms with Gasteiger partial charge in [0.15, 0.2) is 0 Å². The Hall–Kier alpha value is -2.82. The van der Waals surface area contributed by atoms with E-state index in [9.17, 15) is 9.59 Å². The van der Waals surface area contributed by atoms with Crippen LogP contribution in [-0.4, -0.2) is 25.7 Å². The van der Waals surface area contributed by atoms with Crippen molar-refractivity contribution in [2.45, 2.75) is 12.8 Å². The summed E-state index contributed by atoms with van der Waals surface area (Å²) in [6, 6.07) is 13.6. The van der Waals surface area contributed by atoms with Crippen LogP contribution in [0.3, 0.4) is 0 Å². The predicted molar refractivity (Wildman–Crippen MR) is 88.4 cm³/mol. The van der Waals surface area contributed by atoms with Crippen LogP contribution < -0.4 is 10.6 Å². The van der Waals surface area contributed by atoms with E-state index >= 15 is 0 Å². The van der Waals surface area contributed by atoms with E-state index in [2.05, 4.69) is 22.8 Å². The van der Waals surface area contributed by atoms with Gasteiger partial charge in [-0.25, -0.2) is 4.79 Å². The maximum atomic E-state index is 11.5. The molecule has 0 heterocycles. The first-order valence-electron chi connectivity index (χ1n) is 7.45. The fourth-order valence-corrected chi connectivity index (χ4v) is 2.96. The maximum absolute atomic E-state index is 11.5. The molecule has 3 rings (SSSR count). The van der Waals surface area contributed by atoms with Gasteiger partial charge < -0.3 is 15.4 Å². The number of nitrogens with one attached hydrogen (secondary N) is 2. The first-order chi connectivity index (χ1) is 11.1. The molecule has 1 atom stereocenters. The number of rotatable bonds is 3. The number of amides is 2. The zero-order valence-corrected chi connectivity index (χ0v) is 13.1. The zero-order valence-electron chi connectivity index (χ0n) is 13.1. The van der Waals surface area contributed by atoms with Crippen LogP contribution in [0.4, 0.5) is 10.5 Å². The number of hydrogen-bond donors (Lipinski definition) is 2. The molecule has 0 saturated carbocycles. The summed E-state index contributed by atoms with van der Waals surface area (Å²) >= 11 is 0. The van der Waals surface area contributed by atoms with Gasteiger partial charge in [-0.05, 0) is 34.4 Å². The van der Waals surface area contributed by atoms with E-state index in [1.165, 1.54) is 6.92 Å². The number of hydrogen-bond acceptors (Lipinski definition) is 3. The molecule has 0 bridgehead atoms. The summed E-state index contributed by atoms with van der Waals surface area (Å²) in [6.45, 7) is 1.70. The minimum absolute atomic E-state index is 0.0171. The third-order valence-corrected chi connectivity index (χ3v) is 3.99. The normalized spacial score (nSPS) is 14.6. The van der Waals surface area contributed by atoms with Crippen molar-refractivity contribution < 1.29 is 14.3 Å². The van der Waals surface area contributed by atoms with Gasteiger partial charge in [0.25, 0.3) is 0 Å². The van der Waals surface area contributed by atoms with Gasteiger partial charge in [-0.2, -0.15) is 0 Å². The molecule has 1 aliphatic carbocycles. The van der Waals surface area contributed by atoms with Gasteiger partial charge in [0.2, 0.25) is 0 Å². The summed E-state index contributed by atoms with van der Waals surface area (Å²) < 4.78 is 5.24. The van der Waals surface area contributed by atoms with E-state index in [1.807, 2.05) is 30.3 Å². The number of benzene rings is 2. The monoisotopic (exact) mass is 310 g/mol. The van der Waals surface area contributed by atoms with Gasteiger partial charge in [-0.15, -0.1) is 0 Å². The quantitative estimate of drug-likeness (QED) is 0.856. The second-order valence-electron chi connectivity index (χ2n) is 5.45. The van der Waals surface area contributed by atoms with Crippen molar-refractivity contribution in [3.8, 4) is 11.1 Å². The van der Waals surface area contributed by atoms with Gasteiger partial charge in [0.1, 0.15) is 6.61 Å². The molecule has 0 spiro atoms. The summed E-state index contributed by atoms with van der Waals surface area (Å²) in [5.41, 5.74) is 5.16. The Labute approximate surface area is 134 Å². The molecule has 1 unspecified atom stereocenters. The van der Waals surface area contributed by atoms with Crippen molar-refractivity contribution in [3.63, 3.8) is 0 Å². The lowest BCUT2D eigenvalue weighted by atomic mass is 9.97. The van der Waals surface area contributed by atoms with Crippen LogP contribution in [0.1, 0.15) is 24.0 Å². The third kappa shape index (κ3) is 2.90. The molecule has 5 heteroatoms. The van der Waals surface area contributed by atoms with E-state index in [0.717, 1.165) is 22.3 Å². The lowest BCUT2D eigenvalue weighted by Crippen LogP contribution is -2.24. The summed E-state index contributed by atoms with van der Waals surface area (Å²) in [7, 11) is 1.57. The van der Waals surface area contributed by atoms with Gasteiger partial charge in [0, 0.05) is 25.6 Å². The van der Waals surface area contributed by atoms with Crippen molar-refractivity contribution >= 4 is 17.7 Å². The average molecular weight is 310 g/mol. The van der Waals surface area contributed by atoms with E-state index in [1.54, 1.807) is 7.05 Å². The van der Waals surface area contributed by atoms with E-state index in [-0.39, 0.29) is 17.9 Å². The predicted octanol–water partition coefficient (Wildman–Crippen LogP) is 3.11. The standard InChI is InChI=1S/C18H18N2O3/c1-11(21)23-10-17-14-6-4-3-5-13(14)15-8-7-12(9-16(15)17)20-18(22)19-2/h3-9,17H,10H2,1-2H3,(H2,19,20,22). The van der Waals surface area contributed by atoms with Crippen molar-refractivity contribution in [3.05, 3.63) is 53.6 Å². The largest absolute Gasteiger partial charge is 0.465 e. The molecular formula is C18H18N2O3. The summed E-state index contributed by atoms with van der Waals surface area (Å²) in [6.07, 6.45) is 0. The number of urea groups is 1. The summed E-state index contributed by atoms with van der Waals surface area (Å²) in [4.78, 5) is 22.7. The minimum atomic E-state index is -0.296. The number of carbonyl (C=O) groups is 2. The van der Waals surface area contributed by atoms with Crippen LogP contribution >= 0.6 is 0 Å². The molecule has 2 N–H and O–H groups in total. The Morgan fingerprint density at radius 1 is 1.09 bits per heavy atom. The number of carbonyl (C=O) groups excluding carboxylic acids is 2. The molecule has 0 saturated heterocycles. The summed E-state index contributed by atoms with van der Waals surface area (Å²) in [5.74, 6) is -0.313. The Balaban J connectivity index is 1.99. The molecule has 2 aromatic carbocycles. The highest BCUT2D eigenvalue weighted by molar-refractivity contribution is 5.90. The van der Waals surface area contributed by atoms with Gasteiger partial charge >= 0.3 is 12.0 Å². The van der Waals surface area contributed by atoms with E-state index < -0.39 is 0 Å². The first-order valence-corrected chi connectivity index (χ1v) is 7.45. The molecule has 0 aromatic heterocycles. The minimum Gasteiger partial charge on any atom is -0.465 e. The van der Waals surface area contributed by atoms with Gasteiger partial charge in [-0.3, -0.25) is 4.79 Å². The van der Waals surface area contributed by atoms with Crippen LogP contribution in [-0.2, 0) is 9.53 Å². The molecule has 5 nitrogen and oxygen atoms in total. The highest BCUT2D eigenvalue weighted by Gasteiger charge is 2.29. The van der Waals surface area contributed by atoms with Crippen LogP contribution in [0, 0.1) is 0 Å². The molecule has 2 aromatic rings. The molecule has 0 radical (unpaired) electrons. The smallest absolute Gasteiger partial charge is 0.318 e. The maximum Gasteiger partial charge on any atom is 0.318 e. The van der Waals surface area contributed by atoms with Crippen LogP contribution in [0.15, 0.2) is 42.5 Å². The highest BCUT2D eigenvalue weighted by Crippen LogP contribution is 2.45. The first kappa shape index (κ1) is 15.1. The molecule has 0 aliphatic heterocycles. The Morgan fingerprint density at radius 2 is 1.83 bits per heavy atom. The van der Waals surface area contributed by atoms with Crippen molar-refractivity contribution in [1.29, 1.82) is 0 Å². The van der Waals surface area contributed by atoms with Gasteiger partial charge in [-0.1, -0.05) is 30.3 Å². The van der Waals surface area contributed by atoms with Crippen molar-refractivity contribution in [2.24, 2.45) is 0 Å². The second-order valence-corrected chi connectivity index (χ2v) is 5.45. The van der Waals surface area contributed by atoms with E-state index in [4.69, 9.17) is 4.74 Å². The molecule has 23 heavy (non-hydrogen) atoms. The molecule has 118 valence electrons. The second kappa shape index (κ2) is 6.12. The number of esters is 1. The molecule has 0 fully saturated rings. The molecule has 2 amide bonds. The van der Waals surface area contributed by atoms with Crippen molar-refractivity contribution in [2.75, 3.05) is 19.0 Å². The third-order valence-electron chi connectivity index (χ3n) is 3.99. The van der Waals surface area contributed by atoms with Crippen LogP contribution in [0.5, 0.6) is 0 Å². The number of fused-ring (bicyclic) bond motifs is 3. The lowest BCUT2D eigenvalue weighted by molar-refractivity contribution is -0.141.